The highest BCUT2D eigenvalue weighted by molar-refractivity contribution is 6.09. The van der Waals surface area contributed by atoms with Crippen molar-refractivity contribution in [2.24, 2.45) is 15.9 Å². The maximum atomic E-state index is 4.54. The Morgan fingerprint density at radius 1 is 1.18 bits per heavy atom. The van der Waals surface area contributed by atoms with Crippen molar-refractivity contribution in [3.63, 3.8) is 0 Å². The Balaban J connectivity index is 0.000000696. The summed E-state index contributed by atoms with van der Waals surface area (Å²) in [5.41, 5.74) is 6.36. The molecule has 0 amide bonds. The van der Waals surface area contributed by atoms with Crippen molar-refractivity contribution in [2.45, 2.75) is 46.0 Å². The largest absolute Gasteiger partial charge is 0.391 e. The molecule has 0 aromatic heterocycles. The van der Waals surface area contributed by atoms with Gasteiger partial charge in [0.05, 0.1) is 5.71 Å². The van der Waals surface area contributed by atoms with Crippen molar-refractivity contribution >= 4 is 12.4 Å². The average Bonchev–Trinajstić information content (AvgIpc) is 2.86. The number of benzene rings is 1. The summed E-state index contributed by atoms with van der Waals surface area (Å²) in [6.45, 7) is 10.8. The predicted octanol–water partition coefficient (Wildman–Crippen LogP) is 6.12. The number of aryl methyl sites for hydroxylation is 1. The van der Waals surface area contributed by atoms with E-state index in [-0.39, 0.29) is 0 Å². The van der Waals surface area contributed by atoms with Crippen LogP contribution in [0, 0.1) is 12.8 Å². The summed E-state index contributed by atoms with van der Waals surface area (Å²) in [6.07, 6.45) is 18.8. The van der Waals surface area contributed by atoms with Crippen molar-refractivity contribution < 1.29 is 0 Å². The minimum absolute atomic E-state index is 0.595. The monoisotopic (exact) mass is 446 g/mol. The van der Waals surface area contributed by atoms with E-state index in [9.17, 15) is 0 Å². The van der Waals surface area contributed by atoms with Gasteiger partial charge in [-0.3, -0.25) is 9.98 Å². The van der Waals surface area contributed by atoms with Gasteiger partial charge >= 0.3 is 0 Å². The Hall–Kier alpha value is -2.72. The molecular weight excluding hydrogens is 404 g/mol. The summed E-state index contributed by atoms with van der Waals surface area (Å²) >= 11 is 0. The topological polar surface area (TPSA) is 40.0 Å². The van der Waals surface area contributed by atoms with Gasteiger partial charge in [-0.05, 0) is 77.4 Å². The second kappa shape index (κ2) is 15.2. The number of allylic oxidation sites excluding steroid dienone is 6. The molecule has 2 aliphatic rings. The zero-order chi connectivity index (χ0) is 23.9. The molecule has 0 unspecified atom stereocenters. The maximum absolute atomic E-state index is 4.54. The number of hydrogen-bond acceptors (Lipinski definition) is 4. The number of rotatable bonds is 8. The third-order valence-corrected chi connectivity index (χ3v) is 6.24. The summed E-state index contributed by atoms with van der Waals surface area (Å²) in [5, 5.41) is 3.46. The summed E-state index contributed by atoms with van der Waals surface area (Å²) in [5.74, 6) is 0.595. The first kappa shape index (κ1) is 26.5. The van der Waals surface area contributed by atoms with E-state index >= 15 is 0 Å². The fraction of sp³-hybridized carbons (Fsp3) is 0.448. The zero-order valence-corrected chi connectivity index (χ0v) is 21.1. The molecule has 1 aromatic carbocycles. The molecule has 1 aliphatic carbocycles. The van der Waals surface area contributed by atoms with Crippen molar-refractivity contribution in [1.82, 2.24) is 10.2 Å². The lowest BCUT2D eigenvalue weighted by molar-refractivity contribution is 0.198. The summed E-state index contributed by atoms with van der Waals surface area (Å²) in [7, 11) is 3.93. The van der Waals surface area contributed by atoms with Crippen LogP contribution in [0.1, 0.15) is 50.2 Å². The number of nitrogens with one attached hydrogen (secondary N) is 1. The molecule has 4 heteroatoms. The molecule has 3 rings (SSSR count). The van der Waals surface area contributed by atoms with E-state index in [0.717, 1.165) is 5.71 Å². The first-order valence-corrected chi connectivity index (χ1v) is 12.2. The number of aliphatic imine (C=N–C) groups is 2. The van der Waals surface area contributed by atoms with Crippen LogP contribution in [0.5, 0.6) is 0 Å². The highest BCUT2D eigenvalue weighted by Gasteiger charge is 2.22. The van der Waals surface area contributed by atoms with Crippen LogP contribution in [0.3, 0.4) is 0 Å². The van der Waals surface area contributed by atoms with Gasteiger partial charge in [0.15, 0.2) is 0 Å². The molecule has 0 radical (unpaired) electrons. The van der Waals surface area contributed by atoms with E-state index in [1.165, 1.54) is 74.1 Å². The molecule has 0 saturated carbocycles. The molecule has 0 bridgehead atoms. The van der Waals surface area contributed by atoms with Crippen LogP contribution < -0.4 is 5.32 Å². The van der Waals surface area contributed by atoms with Gasteiger partial charge in [0.25, 0.3) is 0 Å². The third-order valence-electron chi connectivity index (χ3n) is 6.24. The van der Waals surface area contributed by atoms with E-state index in [4.69, 9.17) is 0 Å². The minimum atomic E-state index is 0.595. The highest BCUT2D eigenvalue weighted by atomic mass is 15.1. The number of likely N-dealkylation sites (tertiary alicyclic amines) is 1. The molecule has 1 aliphatic heterocycles. The second-order valence-corrected chi connectivity index (χ2v) is 8.61. The van der Waals surface area contributed by atoms with Gasteiger partial charge in [-0.2, -0.15) is 0 Å². The number of nitrogens with zero attached hydrogens (tertiary/aromatic N) is 3. The van der Waals surface area contributed by atoms with E-state index in [1.807, 2.05) is 27.1 Å². The molecule has 0 atom stereocenters. The van der Waals surface area contributed by atoms with Gasteiger partial charge in [0.1, 0.15) is 0 Å². The molecule has 0 spiro atoms. The summed E-state index contributed by atoms with van der Waals surface area (Å²) < 4.78 is 0. The van der Waals surface area contributed by atoms with Gasteiger partial charge in [-0.25, -0.2) is 0 Å². The van der Waals surface area contributed by atoms with Gasteiger partial charge in [0.2, 0.25) is 0 Å². The van der Waals surface area contributed by atoms with Crippen molar-refractivity contribution in [3.8, 4) is 0 Å². The molecule has 1 aromatic rings. The van der Waals surface area contributed by atoms with E-state index in [1.54, 1.807) is 6.20 Å². The fourth-order valence-corrected chi connectivity index (χ4v) is 4.26. The quantitative estimate of drug-likeness (QED) is 0.489. The minimum Gasteiger partial charge on any atom is -0.391 e. The number of piperidine rings is 1. The van der Waals surface area contributed by atoms with Crippen LogP contribution in [0.25, 0.3) is 0 Å². The standard InChI is InChI=1S/C25H35N3.C4H7N/c1-20-9-11-22(12-10-20)24(26-2)19-25(27-3)23-14-17-28(18-15-23)16-13-21-7-5-4-6-8-21;1-3-4-5-2/h5,7-12,19,23,27H,4,6,13-18H2,1-3H3;3-4H,2H2,1H3/b25-19-,26-24?;4-3-. The molecule has 1 N–H and O–H groups in total. The van der Waals surface area contributed by atoms with Crippen molar-refractivity contribution in [2.75, 3.05) is 33.7 Å². The second-order valence-electron chi connectivity index (χ2n) is 8.61. The van der Waals surface area contributed by atoms with Crippen LogP contribution in [0.15, 0.2) is 82.1 Å². The normalized spacial score (nSPS) is 18.0. The van der Waals surface area contributed by atoms with Crippen LogP contribution in [0.2, 0.25) is 0 Å². The fourth-order valence-electron chi connectivity index (χ4n) is 4.26. The Labute approximate surface area is 201 Å². The molecule has 4 nitrogen and oxygen atoms in total. The molecular formula is C29H42N4. The molecule has 1 saturated heterocycles. The zero-order valence-electron chi connectivity index (χ0n) is 21.1. The van der Waals surface area contributed by atoms with Crippen LogP contribution in [0.4, 0.5) is 0 Å². The number of hydrogen-bond donors (Lipinski definition) is 1. The molecule has 178 valence electrons. The first-order valence-electron chi connectivity index (χ1n) is 12.2. The molecule has 1 fully saturated rings. The molecule has 1 heterocycles. The Kier molecular flexibility index (Phi) is 12.2. The SMILES string of the molecule is C=N/C=C\C.CN=C(/C=C(\NC)C1CCN(CCC2=CCCC=C2)CC1)c1ccc(C)cc1. The highest BCUT2D eigenvalue weighted by Crippen LogP contribution is 2.24. The van der Waals surface area contributed by atoms with Crippen molar-refractivity contribution in [3.05, 3.63) is 83.2 Å². The first-order chi connectivity index (χ1) is 16.1. The lowest BCUT2D eigenvalue weighted by Crippen LogP contribution is -2.36. The third kappa shape index (κ3) is 9.35. The van der Waals surface area contributed by atoms with Gasteiger partial charge in [-0.15, -0.1) is 0 Å². The lowest BCUT2D eigenvalue weighted by Gasteiger charge is -2.33. The Morgan fingerprint density at radius 2 is 1.91 bits per heavy atom. The van der Waals surface area contributed by atoms with Crippen LogP contribution >= 0.6 is 0 Å². The Morgan fingerprint density at radius 3 is 2.42 bits per heavy atom. The van der Waals surface area contributed by atoms with E-state index in [0.29, 0.717) is 5.92 Å². The van der Waals surface area contributed by atoms with Gasteiger partial charge < -0.3 is 10.2 Å². The van der Waals surface area contributed by atoms with Crippen LogP contribution in [-0.4, -0.2) is 51.1 Å². The van der Waals surface area contributed by atoms with E-state index in [2.05, 4.69) is 82.4 Å². The van der Waals surface area contributed by atoms with Gasteiger partial charge in [0, 0.05) is 38.5 Å². The summed E-state index contributed by atoms with van der Waals surface area (Å²) in [4.78, 5) is 10.6. The molecule has 33 heavy (non-hydrogen) atoms. The average molecular weight is 447 g/mol. The predicted molar refractivity (Wildman–Crippen MR) is 145 cm³/mol. The summed E-state index contributed by atoms with van der Waals surface area (Å²) in [6, 6.07) is 8.64. The van der Waals surface area contributed by atoms with Crippen LogP contribution in [-0.2, 0) is 0 Å². The lowest BCUT2D eigenvalue weighted by atomic mass is 9.91. The van der Waals surface area contributed by atoms with E-state index < -0.39 is 0 Å². The maximum Gasteiger partial charge on any atom is 0.0660 e. The Bertz CT molecular complexity index is 863. The van der Waals surface area contributed by atoms with Crippen molar-refractivity contribution in [1.29, 1.82) is 0 Å². The smallest absolute Gasteiger partial charge is 0.0660 e. The van der Waals surface area contributed by atoms with Gasteiger partial charge in [-0.1, -0.05) is 59.7 Å².